The molecule has 0 spiro atoms. The second-order valence-corrected chi connectivity index (χ2v) is 4.69. The number of Topliss-reactive ketones (excluding diaryl/α,β-unsaturated/α-hetero) is 1. The van der Waals surface area contributed by atoms with Crippen LogP contribution in [0.15, 0.2) is 48.7 Å². The summed E-state index contributed by atoms with van der Waals surface area (Å²) in [6.45, 7) is -0.0995. The number of hydrogen-bond donors (Lipinski definition) is 0. The van der Waals surface area contributed by atoms with Crippen LogP contribution in [0.2, 0.25) is 0 Å². The number of rotatable bonds is 3. The summed E-state index contributed by atoms with van der Waals surface area (Å²) in [6.07, 6.45) is 1.63. The smallest absolute Gasteiger partial charge is 0.185 e. The summed E-state index contributed by atoms with van der Waals surface area (Å²) in [7, 11) is 0. The first-order chi connectivity index (χ1) is 10.0. The molecule has 5 heteroatoms. The van der Waals surface area contributed by atoms with E-state index in [9.17, 15) is 18.0 Å². The van der Waals surface area contributed by atoms with Crippen LogP contribution in [0.25, 0.3) is 10.9 Å². The highest BCUT2D eigenvalue weighted by molar-refractivity contribution is 5.97. The molecular weight excluding hydrogens is 279 g/mol. The number of benzene rings is 2. The largest absolute Gasteiger partial charge is 0.340 e. The Bertz CT molecular complexity index is 839. The topological polar surface area (TPSA) is 22.0 Å². The molecule has 0 saturated heterocycles. The van der Waals surface area contributed by atoms with Gasteiger partial charge in [-0.1, -0.05) is 0 Å². The molecule has 21 heavy (non-hydrogen) atoms. The maximum atomic E-state index is 13.6. The zero-order valence-electron chi connectivity index (χ0n) is 10.8. The van der Waals surface area contributed by atoms with Crippen molar-refractivity contribution in [3.8, 4) is 0 Å². The number of aromatic nitrogens is 1. The highest BCUT2D eigenvalue weighted by atomic mass is 19.1. The second kappa shape index (κ2) is 5.09. The van der Waals surface area contributed by atoms with E-state index in [1.807, 2.05) is 0 Å². The molecule has 0 atom stereocenters. The van der Waals surface area contributed by atoms with Gasteiger partial charge in [-0.25, -0.2) is 13.2 Å². The lowest BCUT2D eigenvalue weighted by Crippen LogP contribution is -2.11. The maximum Gasteiger partial charge on any atom is 0.185 e. The summed E-state index contributed by atoms with van der Waals surface area (Å²) < 4.78 is 41.1. The molecule has 0 radical (unpaired) electrons. The Morgan fingerprint density at radius 2 is 1.67 bits per heavy atom. The normalized spacial score (nSPS) is 11.0. The zero-order chi connectivity index (χ0) is 15.0. The molecule has 1 heterocycles. The number of carbonyl (C=O) groups excluding carboxylic acids is 1. The quantitative estimate of drug-likeness (QED) is 0.669. The Kier molecular flexibility index (Phi) is 3.25. The average molecular weight is 289 g/mol. The molecule has 0 bridgehead atoms. The van der Waals surface area contributed by atoms with Crippen molar-refractivity contribution in [1.82, 2.24) is 4.57 Å². The van der Waals surface area contributed by atoms with Crippen LogP contribution < -0.4 is 0 Å². The van der Waals surface area contributed by atoms with Crippen LogP contribution in [-0.4, -0.2) is 10.4 Å². The third kappa shape index (κ3) is 2.54. The highest BCUT2D eigenvalue weighted by Crippen LogP contribution is 2.18. The van der Waals surface area contributed by atoms with Gasteiger partial charge in [0.1, 0.15) is 17.5 Å². The third-order valence-corrected chi connectivity index (χ3v) is 3.28. The minimum Gasteiger partial charge on any atom is -0.340 e. The summed E-state index contributed by atoms with van der Waals surface area (Å²) in [5.41, 5.74) is 0.507. The fraction of sp³-hybridized carbons (Fsp3) is 0.0625. The molecule has 106 valence electrons. The summed E-state index contributed by atoms with van der Waals surface area (Å²) in [5, 5.41) is 0.655. The number of halogens is 3. The van der Waals surface area contributed by atoms with Gasteiger partial charge < -0.3 is 4.57 Å². The van der Waals surface area contributed by atoms with Gasteiger partial charge in [0, 0.05) is 23.2 Å². The molecule has 2 aromatic carbocycles. The third-order valence-electron chi connectivity index (χ3n) is 3.28. The Labute approximate surface area is 118 Å². The molecule has 0 aliphatic carbocycles. The van der Waals surface area contributed by atoms with Crippen molar-refractivity contribution in [1.29, 1.82) is 0 Å². The molecule has 0 N–H and O–H groups in total. The fourth-order valence-corrected chi connectivity index (χ4v) is 2.26. The van der Waals surface area contributed by atoms with Crippen molar-refractivity contribution in [3.63, 3.8) is 0 Å². The first-order valence-corrected chi connectivity index (χ1v) is 6.27. The second-order valence-electron chi connectivity index (χ2n) is 4.69. The average Bonchev–Trinajstić information content (AvgIpc) is 2.80. The van der Waals surface area contributed by atoms with Crippen molar-refractivity contribution in [2.75, 3.05) is 0 Å². The van der Waals surface area contributed by atoms with E-state index in [0.29, 0.717) is 17.0 Å². The molecule has 1 aromatic heterocycles. The van der Waals surface area contributed by atoms with E-state index in [0.717, 1.165) is 12.1 Å². The van der Waals surface area contributed by atoms with E-state index in [1.165, 1.54) is 12.1 Å². The minimum absolute atomic E-state index is 0.0995. The molecule has 0 saturated carbocycles. The Morgan fingerprint density at radius 1 is 0.952 bits per heavy atom. The van der Waals surface area contributed by atoms with Crippen LogP contribution in [0.3, 0.4) is 0 Å². The lowest BCUT2D eigenvalue weighted by atomic mass is 10.1. The molecule has 0 aliphatic rings. The molecule has 3 rings (SSSR count). The predicted molar refractivity (Wildman–Crippen MR) is 72.6 cm³/mol. The van der Waals surface area contributed by atoms with E-state index < -0.39 is 17.4 Å². The maximum absolute atomic E-state index is 13.6. The van der Waals surface area contributed by atoms with Crippen LogP contribution in [0.4, 0.5) is 13.2 Å². The van der Waals surface area contributed by atoms with E-state index in [4.69, 9.17) is 0 Å². The Balaban J connectivity index is 1.93. The number of carbonyl (C=O) groups is 1. The number of fused-ring (bicyclic) bond motifs is 1. The minimum atomic E-state index is -0.887. The van der Waals surface area contributed by atoms with E-state index >= 15 is 0 Å². The van der Waals surface area contributed by atoms with E-state index in [1.54, 1.807) is 22.9 Å². The number of ketones is 1. The van der Waals surface area contributed by atoms with Gasteiger partial charge in [-0.3, -0.25) is 4.79 Å². The molecule has 0 fully saturated rings. The molecule has 2 nitrogen and oxygen atoms in total. The fourth-order valence-electron chi connectivity index (χ4n) is 2.26. The van der Waals surface area contributed by atoms with Gasteiger partial charge in [0.2, 0.25) is 0 Å². The van der Waals surface area contributed by atoms with Gasteiger partial charge in [-0.05, 0) is 36.4 Å². The van der Waals surface area contributed by atoms with Gasteiger partial charge in [0.25, 0.3) is 0 Å². The van der Waals surface area contributed by atoms with Crippen LogP contribution in [0.5, 0.6) is 0 Å². The standard InChI is InChI=1S/C16H10F3NO/c17-11-2-4-15-10(7-11)5-6-20(15)9-16(21)13-3-1-12(18)8-14(13)19/h1-8H,9H2. The summed E-state index contributed by atoms with van der Waals surface area (Å²) >= 11 is 0. The van der Waals surface area contributed by atoms with Crippen molar-refractivity contribution < 1.29 is 18.0 Å². The lowest BCUT2D eigenvalue weighted by Gasteiger charge is -2.06. The van der Waals surface area contributed by atoms with Crippen LogP contribution in [0, 0.1) is 17.5 Å². The monoisotopic (exact) mass is 289 g/mol. The van der Waals surface area contributed by atoms with Gasteiger partial charge in [-0.15, -0.1) is 0 Å². The van der Waals surface area contributed by atoms with Gasteiger partial charge in [0.15, 0.2) is 5.78 Å². The molecule has 0 aliphatic heterocycles. The molecule has 0 unspecified atom stereocenters. The first kappa shape index (κ1) is 13.4. The van der Waals surface area contributed by atoms with Crippen molar-refractivity contribution in [2.45, 2.75) is 6.54 Å². The first-order valence-electron chi connectivity index (χ1n) is 6.27. The number of nitrogens with zero attached hydrogens (tertiary/aromatic N) is 1. The Hall–Kier alpha value is -2.56. The summed E-state index contributed by atoms with van der Waals surface area (Å²) in [4.78, 5) is 12.1. The van der Waals surface area contributed by atoms with Crippen LogP contribution in [-0.2, 0) is 6.54 Å². The van der Waals surface area contributed by atoms with Crippen LogP contribution >= 0.6 is 0 Å². The highest BCUT2D eigenvalue weighted by Gasteiger charge is 2.14. The summed E-state index contributed by atoms with van der Waals surface area (Å²) in [5.74, 6) is -2.46. The molecule has 0 amide bonds. The lowest BCUT2D eigenvalue weighted by molar-refractivity contribution is 0.0969. The molecular formula is C16H10F3NO. The van der Waals surface area contributed by atoms with Crippen molar-refractivity contribution in [3.05, 3.63) is 71.7 Å². The van der Waals surface area contributed by atoms with E-state index in [2.05, 4.69) is 0 Å². The van der Waals surface area contributed by atoms with Gasteiger partial charge in [-0.2, -0.15) is 0 Å². The van der Waals surface area contributed by atoms with Crippen LogP contribution in [0.1, 0.15) is 10.4 Å². The summed E-state index contributed by atoms with van der Waals surface area (Å²) in [6, 6.07) is 8.72. The van der Waals surface area contributed by atoms with Crippen molar-refractivity contribution in [2.24, 2.45) is 0 Å². The Morgan fingerprint density at radius 3 is 2.43 bits per heavy atom. The van der Waals surface area contributed by atoms with Crippen molar-refractivity contribution >= 4 is 16.7 Å². The van der Waals surface area contributed by atoms with Gasteiger partial charge in [0.05, 0.1) is 12.1 Å². The zero-order valence-corrected chi connectivity index (χ0v) is 10.8. The predicted octanol–water partition coefficient (Wildman–Crippen LogP) is 3.94. The number of hydrogen-bond acceptors (Lipinski definition) is 1. The SMILES string of the molecule is O=C(Cn1ccc2cc(F)ccc21)c1ccc(F)cc1F. The van der Waals surface area contributed by atoms with E-state index in [-0.39, 0.29) is 17.9 Å². The molecule has 3 aromatic rings. The van der Waals surface area contributed by atoms with Gasteiger partial charge >= 0.3 is 0 Å².